The van der Waals surface area contributed by atoms with Gasteiger partial charge in [-0.1, -0.05) is 41.0 Å². The van der Waals surface area contributed by atoms with E-state index in [1.165, 1.54) is 22.3 Å². The van der Waals surface area contributed by atoms with Gasteiger partial charge in [-0.15, -0.1) is 0 Å². The summed E-state index contributed by atoms with van der Waals surface area (Å²) in [5, 5.41) is 0. The third-order valence-electron chi connectivity index (χ3n) is 7.30. The van der Waals surface area contributed by atoms with E-state index in [0.717, 1.165) is 58.6 Å². The first-order chi connectivity index (χ1) is 17.7. The Morgan fingerprint density at radius 2 is 1.65 bits per heavy atom. The van der Waals surface area contributed by atoms with Crippen LogP contribution in [0, 0.1) is 13.8 Å². The SMILES string of the molecule is CC(C)=CCC/C(C)=C/Cc1c(C2CC(=O)c3c(cc(C)c(CC=C(C)C)c3C)O2)ccc2c1OCO2. The first-order valence-corrected chi connectivity index (χ1v) is 13.3. The lowest BCUT2D eigenvalue weighted by Crippen LogP contribution is -2.23. The van der Waals surface area contributed by atoms with Crippen LogP contribution in [0.25, 0.3) is 0 Å². The molecule has 4 heteroatoms. The highest BCUT2D eigenvalue weighted by Gasteiger charge is 2.33. The molecule has 0 spiro atoms. The Labute approximate surface area is 222 Å². The van der Waals surface area contributed by atoms with Gasteiger partial charge in [0.2, 0.25) is 6.79 Å². The monoisotopic (exact) mass is 500 g/mol. The van der Waals surface area contributed by atoms with E-state index in [4.69, 9.17) is 14.2 Å². The Kier molecular flexibility index (Phi) is 8.26. The second-order valence-corrected chi connectivity index (χ2v) is 10.8. The number of carbonyl (C=O) groups is 1. The summed E-state index contributed by atoms with van der Waals surface area (Å²) in [4.78, 5) is 13.5. The summed E-state index contributed by atoms with van der Waals surface area (Å²) < 4.78 is 18.1. The van der Waals surface area contributed by atoms with Crippen molar-refractivity contribution in [3.63, 3.8) is 0 Å². The standard InChI is InChI=1S/C33H40O4/c1-20(2)9-8-10-22(5)12-14-27-26(15-16-29-33(27)36-19-35-29)30-18-28(34)32-24(7)25(13-11-21(3)4)23(6)17-31(32)37-30/h9,11-12,15-17,30H,8,10,13-14,18-19H2,1-7H3/b22-12+. The topological polar surface area (TPSA) is 44.8 Å². The third kappa shape index (κ3) is 6.01. The molecule has 0 aromatic heterocycles. The van der Waals surface area contributed by atoms with Gasteiger partial charge in [0.05, 0.1) is 12.0 Å². The van der Waals surface area contributed by atoms with Gasteiger partial charge in [0.15, 0.2) is 17.3 Å². The number of rotatable bonds is 8. The highest BCUT2D eigenvalue weighted by Crippen LogP contribution is 2.45. The number of carbonyl (C=O) groups excluding carboxylic acids is 1. The van der Waals surface area contributed by atoms with E-state index in [-0.39, 0.29) is 18.7 Å². The lowest BCUT2D eigenvalue weighted by atomic mass is 9.86. The van der Waals surface area contributed by atoms with Crippen LogP contribution in [-0.4, -0.2) is 12.6 Å². The first kappa shape index (κ1) is 26.8. The molecule has 4 nitrogen and oxygen atoms in total. The van der Waals surface area contributed by atoms with E-state index in [9.17, 15) is 4.79 Å². The predicted octanol–water partition coefficient (Wildman–Crippen LogP) is 8.48. The molecular formula is C33H40O4. The molecule has 37 heavy (non-hydrogen) atoms. The maximum Gasteiger partial charge on any atom is 0.231 e. The van der Waals surface area contributed by atoms with Crippen LogP contribution in [-0.2, 0) is 12.8 Å². The van der Waals surface area contributed by atoms with Crippen LogP contribution in [0.15, 0.2) is 53.1 Å². The Morgan fingerprint density at radius 1 is 0.919 bits per heavy atom. The molecule has 2 aromatic carbocycles. The number of fused-ring (bicyclic) bond motifs is 2. The zero-order valence-electron chi connectivity index (χ0n) is 23.4. The van der Waals surface area contributed by atoms with Gasteiger partial charge >= 0.3 is 0 Å². The van der Waals surface area contributed by atoms with Crippen molar-refractivity contribution in [2.75, 3.05) is 6.79 Å². The number of ketones is 1. The number of aryl methyl sites for hydroxylation is 1. The van der Waals surface area contributed by atoms with E-state index >= 15 is 0 Å². The molecule has 4 rings (SSSR count). The number of hydrogen-bond acceptors (Lipinski definition) is 4. The van der Waals surface area contributed by atoms with Crippen molar-refractivity contribution in [1.82, 2.24) is 0 Å². The van der Waals surface area contributed by atoms with Crippen molar-refractivity contribution in [3.8, 4) is 17.2 Å². The zero-order valence-corrected chi connectivity index (χ0v) is 23.4. The fourth-order valence-electron chi connectivity index (χ4n) is 5.21. The summed E-state index contributed by atoms with van der Waals surface area (Å²) in [7, 11) is 0. The van der Waals surface area contributed by atoms with Crippen LogP contribution in [0.5, 0.6) is 17.2 Å². The van der Waals surface area contributed by atoms with Crippen molar-refractivity contribution >= 4 is 5.78 Å². The van der Waals surface area contributed by atoms with Crippen LogP contribution in [0.3, 0.4) is 0 Å². The number of allylic oxidation sites excluding steroid dienone is 6. The van der Waals surface area contributed by atoms with Crippen molar-refractivity contribution in [1.29, 1.82) is 0 Å². The first-order valence-electron chi connectivity index (χ1n) is 13.3. The van der Waals surface area contributed by atoms with Gasteiger partial charge in [-0.2, -0.15) is 0 Å². The van der Waals surface area contributed by atoms with Gasteiger partial charge in [-0.25, -0.2) is 0 Å². The Bertz CT molecular complexity index is 1280. The molecule has 0 aliphatic carbocycles. The van der Waals surface area contributed by atoms with E-state index < -0.39 is 0 Å². The zero-order chi connectivity index (χ0) is 26.7. The van der Waals surface area contributed by atoms with Crippen LogP contribution in [0.4, 0.5) is 0 Å². The number of ether oxygens (including phenoxy) is 3. The summed E-state index contributed by atoms with van der Waals surface area (Å²) in [5.74, 6) is 2.36. The third-order valence-corrected chi connectivity index (χ3v) is 7.30. The smallest absolute Gasteiger partial charge is 0.231 e. The second-order valence-electron chi connectivity index (χ2n) is 10.8. The normalized spacial score (nSPS) is 16.2. The van der Waals surface area contributed by atoms with Crippen molar-refractivity contribution in [2.24, 2.45) is 0 Å². The van der Waals surface area contributed by atoms with Crippen LogP contribution < -0.4 is 14.2 Å². The van der Waals surface area contributed by atoms with Crippen molar-refractivity contribution in [3.05, 3.63) is 86.5 Å². The second kappa shape index (κ2) is 11.4. The molecule has 2 aliphatic heterocycles. The van der Waals surface area contributed by atoms with E-state index in [1.807, 2.05) is 18.2 Å². The van der Waals surface area contributed by atoms with Gasteiger partial charge in [0.1, 0.15) is 11.9 Å². The molecule has 2 aromatic rings. The van der Waals surface area contributed by atoms with E-state index in [2.05, 4.69) is 66.7 Å². The molecular weight excluding hydrogens is 460 g/mol. The van der Waals surface area contributed by atoms with E-state index in [1.54, 1.807) is 0 Å². The Balaban J connectivity index is 1.66. The minimum absolute atomic E-state index is 0.138. The van der Waals surface area contributed by atoms with Crippen LogP contribution >= 0.6 is 0 Å². The van der Waals surface area contributed by atoms with Gasteiger partial charge in [0.25, 0.3) is 0 Å². The average molecular weight is 501 g/mol. The minimum Gasteiger partial charge on any atom is -0.484 e. The van der Waals surface area contributed by atoms with Gasteiger partial charge < -0.3 is 14.2 Å². The average Bonchev–Trinajstić information content (AvgIpc) is 3.30. The molecule has 0 saturated carbocycles. The highest BCUT2D eigenvalue weighted by atomic mass is 16.7. The number of benzene rings is 2. The van der Waals surface area contributed by atoms with Crippen molar-refractivity contribution < 1.29 is 19.0 Å². The largest absolute Gasteiger partial charge is 0.484 e. The molecule has 0 bridgehead atoms. The quantitative estimate of drug-likeness (QED) is 0.341. The van der Waals surface area contributed by atoms with Crippen LogP contribution in [0.1, 0.15) is 98.2 Å². The maximum absolute atomic E-state index is 13.5. The highest BCUT2D eigenvalue weighted by molar-refractivity contribution is 6.02. The summed E-state index contributed by atoms with van der Waals surface area (Å²) in [6.07, 6.45) is 10.3. The Hall–Kier alpha value is -3.27. The predicted molar refractivity (Wildman–Crippen MR) is 150 cm³/mol. The fraction of sp³-hybridized carbons (Fsp3) is 0.424. The molecule has 0 amide bonds. The minimum atomic E-state index is -0.355. The van der Waals surface area contributed by atoms with Gasteiger partial charge in [0, 0.05) is 11.1 Å². The van der Waals surface area contributed by atoms with E-state index in [0.29, 0.717) is 18.6 Å². The van der Waals surface area contributed by atoms with Gasteiger partial charge in [-0.3, -0.25) is 4.79 Å². The summed E-state index contributed by atoms with van der Waals surface area (Å²) in [6.45, 7) is 15.0. The lowest BCUT2D eigenvalue weighted by Gasteiger charge is -2.29. The molecule has 2 heterocycles. The lowest BCUT2D eigenvalue weighted by molar-refractivity contribution is 0.0847. The van der Waals surface area contributed by atoms with Crippen LogP contribution in [0.2, 0.25) is 0 Å². The Morgan fingerprint density at radius 3 is 2.38 bits per heavy atom. The molecule has 1 atom stereocenters. The fourth-order valence-corrected chi connectivity index (χ4v) is 5.21. The molecule has 0 N–H and O–H groups in total. The molecule has 0 fully saturated rings. The maximum atomic E-state index is 13.5. The summed E-state index contributed by atoms with van der Waals surface area (Å²) in [6, 6.07) is 6.02. The summed E-state index contributed by atoms with van der Waals surface area (Å²) >= 11 is 0. The molecule has 196 valence electrons. The van der Waals surface area contributed by atoms with Gasteiger partial charge in [-0.05, 0) is 103 Å². The number of Topliss-reactive ketones (excluding diaryl/α,β-unsaturated/α-hetero) is 1. The number of hydrogen-bond donors (Lipinski definition) is 0. The summed E-state index contributed by atoms with van der Waals surface area (Å²) in [5.41, 5.74) is 10.1. The van der Waals surface area contributed by atoms with Crippen molar-refractivity contribution in [2.45, 2.75) is 86.7 Å². The molecule has 2 aliphatic rings. The molecule has 0 radical (unpaired) electrons. The molecule has 0 saturated heterocycles. The molecule has 1 unspecified atom stereocenters.